The van der Waals surface area contributed by atoms with Crippen molar-refractivity contribution < 1.29 is 4.74 Å². The van der Waals surface area contributed by atoms with Crippen molar-refractivity contribution in [2.45, 2.75) is 12.3 Å². The lowest BCUT2D eigenvalue weighted by Crippen LogP contribution is -1.99. The maximum absolute atomic E-state index is 6.60. The fourth-order valence-corrected chi connectivity index (χ4v) is 3.09. The van der Waals surface area contributed by atoms with E-state index in [0.717, 1.165) is 26.9 Å². The second-order valence-corrected chi connectivity index (χ2v) is 5.89. The zero-order valence-electron chi connectivity index (χ0n) is 10.6. The maximum Gasteiger partial charge on any atom is 0.123 e. The van der Waals surface area contributed by atoms with E-state index in [0.29, 0.717) is 5.02 Å². The summed E-state index contributed by atoms with van der Waals surface area (Å²) < 4.78 is 6.37. The topological polar surface area (TPSA) is 9.23 Å². The molecule has 4 heteroatoms. The van der Waals surface area contributed by atoms with Gasteiger partial charge in [-0.1, -0.05) is 45.7 Å². The highest BCUT2D eigenvalue weighted by molar-refractivity contribution is 9.10. The Bertz CT molecular complexity index is 599. The summed E-state index contributed by atoms with van der Waals surface area (Å²) in [5, 5.41) is 0.327. The standard InChI is InChI=1S/C15H13BrCl2O/c1-9-4-3-5-11(14(9)16)15(18)12-8-10(17)6-7-13(12)19-2/h3-8,15H,1-2H3. The van der Waals surface area contributed by atoms with Gasteiger partial charge in [0.2, 0.25) is 0 Å². The minimum atomic E-state index is -0.317. The first-order valence-electron chi connectivity index (χ1n) is 5.77. The maximum atomic E-state index is 6.60. The van der Waals surface area contributed by atoms with Crippen molar-refractivity contribution in [2.75, 3.05) is 7.11 Å². The van der Waals surface area contributed by atoms with Crippen LogP contribution in [0.5, 0.6) is 5.75 Å². The average Bonchev–Trinajstić information content (AvgIpc) is 2.41. The number of alkyl halides is 1. The number of halogens is 3. The molecule has 0 saturated carbocycles. The second kappa shape index (κ2) is 6.17. The minimum absolute atomic E-state index is 0.317. The number of rotatable bonds is 3. The normalized spacial score (nSPS) is 12.3. The monoisotopic (exact) mass is 358 g/mol. The van der Waals surface area contributed by atoms with Crippen molar-refractivity contribution in [1.29, 1.82) is 0 Å². The predicted octanol–water partition coefficient (Wildman–Crippen LogP) is 5.75. The fraction of sp³-hybridized carbons (Fsp3) is 0.200. The first-order valence-corrected chi connectivity index (χ1v) is 7.38. The van der Waals surface area contributed by atoms with E-state index in [1.165, 1.54) is 0 Å². The second-order valence-electron chi connectivity index (χ2n) is 4.23. The molecule has 0 aliphatic heterocycles. The molecule has 0 N–H and O–H groups in total. The van der Waals surface area contributed by atoms with Crippen LogP contribution in [-0.4, -0.2) is 7.11 Å². The lowest BCUT2D eigenvalue weighted by molar-refractivity contribution is 0.410. The van der Waals surface area contributed by atoms with Crippen molar-refractivity contribution in [1.82, 2.24) is 0 Å². The van der Waals surface area contributed by atoms with Crippen LogP contribution in [0.2, 0.25) is 5.02 Å². The van der Waals surface area contributed by atoms with E-state index in [4.69, 9.17) is 27.9 Å². The molecule has 1 unspecified atom stereocenters. The first kappa shape index (κ1) is 14.7. The third-order valence-electron chi connectivity index (χ3n) is 2.96. The molecule has 2 aromatic carbocycles. The third-order valence-corrected chi connectivity index (χ3v) is 4.75. The van der Waals surface area contributed by atoms with Gasteiger partial charge in [-0.15, -0.1) is 11.6 Å². The lowest BCUT2D eigenvalue weighted by atomic mass is 10.0. The Morgan fingerprint density at radius 3 is 2.58 bits per heavy atom. The Labute approximate surface area is 131 Å². The van der Waals surface area contributed by atoms with Gasteiger partial charge in [0.25, 0.3) is 0 Å². The van der Waals surface area contributed by atoms with E-state index in [1.807, 2.05) is 37.3 Å². The highest BCUT2D eigenvalue weighted by atomic mass is 79.9. The van der Waals surface area contributed by atoms with Gasteiger partial charge >= 0.3 is 0 Å². The van der Waals surface area contributed by atoms with Crippen LogP contribution in [0.4, 0.5) is 0 Å². The van der Waals surface area contributed by atoms with Crippen molar-refractivity contribution >= 4 is 39.1 Å². The molecule has 0 radical (unpaired) electrons. The highest BCUT2D eigenvalue weighted by Gasteiger charge is 2.19. The number of methoxy groups -OCH3 is 1. The number of hydrogen-bond donors (Lipinski definition) is 0. The molecule has 0 spiro atoms. The van der Waals surface area contributed by atoms with Crippen molar-refractivity contribution in [3.63, 3.8) is 0 Å². The van der Waals surface area contributed by atoms with Gasteiger partial charge in [-0.25, -0.2) is 0 Å². The van der Waals surface area contributed by atoms with Crippen LogP contribution in [-0.2, 0) is 0 Å². The summed E-state index contributed by atoms with van der Waals surface area (Å²) in [5.41, 5.74) is 3.01. The molecule has 0 heterocycles. The number of aryl methyl sites for hydroxylation is 1. The van der Waals surface area contributed by atoms with E-state index in [2.05, 4.69) is 15.9 Å². The summed E-state index contributed by atoms with van der Waals surface area (Å²) in [4.78, 5) is 0. The molecular weight excluding hydrogens is 347 g/mol. The van der Waals surface area contributed by atoms with Crippen LogP contribution in [0.1, 0.15) is 22.1 Å². The largest absolute Gasteiger partial charge is 0.496 e. The average molecular weight is 360 g/mol. The van der Waals surface area contributed by atoms with Crippen LogP contribution in [0.3, 0.4) is 0 Å². The molecule has 0 aliphatic carbocycles. The smallest absolute Gasteiger partial charge is 0.123 e. The molecule has 2 rings (SSSR count). The van der Waals surface area contributed by atoms with Crippen LogP contribution in [0.25, 0.3) is 0 Å². The van der Waals surface area contributed by atoms with Crippen LogP contribution < -0.4 is 4.74 Å². The van der Waals surface area contributed by atoms with Crippen molar-refractivity contribution in [2.24, 2.45) is 0 Å². The molecule has 2 aromatic rings. The molecular formula is C15H13BrCl2O. The molecule has 0 aliphatic rings. The molecule has 0 bridgehead atoms. The summed E-state index contributed by atoms with van der Waals surface area (Å²) in [6.45, 7) is 2.03. The summed E-state index contributed by atoms with van der Waals surface area (Å²) in [7, 11) is 1.63. The molecule has 0 amide bonds. The number of benzene rings is 2. The Morgan fingerprint density at radius 1 is 1.16 bits per heavy atom. The van der Waals surface area contributed by atoms with Gasteiger partial charge in [-0.05, 0) is 36.2 Å². The molecule has 19 heavy (non-hydrogen) atoms. The van der Waals surface area contributed by atoms with E-state index in [9.17, 15) is 0 Å². The quantitative estimate of drug-likeness (QED) is 0.634. The van der Waals surface area contributed by atoms with Gasteiger partial charge in [-0.3, -0.25) is 0 Å². The molecule has 0 saturated heterocycles. The number of ether oxygens (including phenoxy) is 1. The van der Waals surface area contributed by atoms with Crippen LogP contribution in [0, 0.1) is 6.92 Å². The van der Waals surface area contributed by atoms with E-state index >= 15 is 0 Å². The molecule has 0 aromatic heterocycles. The predicted molar refractivity (Wildman–Crippen MR) is 84.6 cm³/mol. The molecule has 1 nitrogen and oxygen atoms in total. The Morgan fingerprint density at radius 2 is 1.89 bits per heavy atom. The third kappa shape index (κ3) is 3.07. The summed E-state index contributed by atoms with van der Waals surface area (Å²) in [6, 6.07) is 11.5. The van der Waals surface area contributed by atoms with Gasteiger partial charge in [0.1, 0.15) is 5.75 Å². The van der Waals surface area contributed by atoms with Crippen LogP contribution >= 0.6 is 39.1 Å². The lowest BCUT2D eigenvalue weighted by Gasteiger charge is -2.17. The highest BCUT2D eigenvalue weighted by Crippen LogP contribution is 2.40. The van der Waals surface area contributed by atoms with Gasteiger partial charge < -0.3 is 4.74 Å². The molecule has 100 valence electrons. The Hall–Kier alpha value is -0.700. The van der Waals surface area contributed by atoms with E-state index < -0.39 is 0 Å². The summed E-state index contributed by atoms with van der Waals surface area (Å²) in [5.74, 6) is 0.734. The van der Waals surface area contributed by atoms with Crippen molar-refractivity contribution in [3.8, 4) is 5.75 Å². The SMILES string of the molecule is COc1ccc(Cl)cc1C(Cl)c1cccc(C)c1Br. The van der Waals surface area contributed by atoms with Crippen molar-refractivity contribution in [3.05, 3.63) is 62.6 Å². The van der Waals surface area contributed by atoms with E-state index in [1.54, 1.807) is 13.2 Å². The Balaban J connectivity index is 2.52. The number of hydrogen-bond acceptors (Lipinski definition) is 1. The zero-order chi connectivity index (χ0) is 14.0. The fourth-order valence-electron chi connectivity index (χ4n) is 1.94. The van der Waals surface area contributed by atoms with E-state index in [-0.39, 0.29) is 5.38 Å². The van der Waals surface area contributed by atoms with Gasteiger partial charge in [0.05, 0.1) is 12.5 Å². The molecule has 1 atom stereocenters. The zero-order valence-corrected chi connectivity index (χ0v) is 13.7. The summed E-state index contributed by atoms with van der Waals surface area (Å²) >= 11 is 16.2. The van der Waals surface area contributed by atoms with Crippen LogP contribution in [0.15, 0.2) is 40.9 Å². The van der Waals surface area contributed by atoms with Gasteiger partial charge in [0, 0.05) is 15.1 Å². The minimum Gasteiger partial charge on any atom is -0.496 e. The van der Waals surface area contributed by atoms with Gasteiger partial charge in [-0.2, -0.15) is 0 Å². The van der Waals surface area contributed by atoms with Gasteiger partial charge in [0.15, 0.2) is 0 Å². The Kier molecular flexibility index (Phi) is 4.77. The first-order chi connectivity index (χ1) is 9.04. The molecule has 0 fully saturated rings. The summed E-state index contributed by atoms with van der Waals surface area (Å²) in [6.07, 6.45) is 0.